The third-order valence-electron chi connectivity index (χ3n) is 5.89. The molecule has 158 valence electrons. The van der Waals surface area contributed by atoms with Gasteiger partial charge >= 0.3 is 0 Å². The summed E-state index contributed by atoms with van der Waals surface area (Å²) in [6, 6.07) is 11.2. The normalized spacial score (nSPS) is 14.4. The molecule has 0 bridgehead atoms. The van der Waals surface area contributed by atoms with Gasteiger partial charge in [-0.3, -0.25) is 14.2 Å². The average Bonchev–Trinajstić information content (AvgIpc) is 2.77. The fourth-order valence-corrected chi connectivity index (χ4v) is 4.62. The second-order valence-electron chi connectivity index (χ2n) is 8.04. The van der Waals surface area contributed by atoms with E-state index in [9.17, 15) is 14.9 Å². The first-order valence-corrected chi connectivity index (χ1v) is 11.3. The zero-order valence-corrected chi connectivity index (χ0v) is 18.9. The van der Waals surface area contributed by atoms with Crippen LogP contribution >= 0.6 is 15.9 Å². The van der Waals surface area contributed by atoms with Crippen molar-refractivity contribution in [2.75, 3.05) is 0 Å². The number of halogens is 1. The van der Waals surface area contributed by atoms with Gasteiger partial charge in [-0.15, -0.1) is 0 Å². The molecular formula is C24H23BrN4O2. The molecule has 1 aromatic carbocycles. The Hall–Kier alpha value is -2.98. The van der Waals surface area contributed by atoms with Crippen LogP contribution in [-0.4, -0.2) is 21.5 Å². The standard InChI is InChI=1S/C24H23BrN4O2/c1-15-20-11-18(25)13-27-22(20)29(14-17-7-5-6-16(10-17)12-26)24(31)21(15)23(30)28-19-8-3-2-4-9-19/h5-7,10-11,13,19H,2-4,8-9,14H2,1H3,(H,28,30). The van der Waals surface area contributed by atoms with E-state index in [-0.39, 0.29) is 29.6 Å². The van der Waals surface area contributed by atoms with Gasteiger partial charge in [-0.05, 0) is 65.0 Å². The SMILES string of the molecule is Cc1c(C(=O)NC2CCCCC2)c(=O)n(Cc2cccc(C#N)c2)c2ncc(Br)cc12. The van der Waals surface area contributed by atoms with Gasteiger partial charge in [-0.25, -0.2) is 4.98 Å². The van der Waals surface area contributed by atoms with Gasteiger partial charge in [0, 0.05) is 22.1 Å². The summed E-state index contributed by atoms with van der Waals surface area (Å²) >= 11 is 3.45. The van der Waals surface area contributed by atoms with E-state index >= 15 is 0 Å². The number of aryl methyl sites for hydroxylation is 1. The van der Waals surface area contributed by atoms with Crippen molar-refractivity contribution >= 4 is 32.9 Å². The zero-order chi connectivity index (χ0) is 22.0. The van der Waals surface area contributed by atoms with E-state index in [1.165, 1.54) is 11.0 Å². The maximum atomic E-state index is 13.5. The van der Waals surface area contributed by atoms with Gasteiger partial charge in [0.15, 0.2) is 0 Å². The van der Waals surface area contributed by atoms with E-state index < -0.39 is 0 Å². The van der Waals surface area contributed by atoms with E-state index in [0.29, 0.717) is 16.8 Å². The highest BCUT2D eigenvalue weighted by atomic mass is 79.9. The molecule has 4 rings (SSSR count). The highest BCUT2D eigenvalue weighted by Crippen LogP contribution is 2.23. The Kier molecular flexibility index (Phi) is 6.19. The van der Waals surface area contributed by atoms with Crippen molar-refractivity contribution in [2.24, 2.45) is 0 Å². The van der Waals surface area contributed by atoms with Crippen LogP contribution < -0.4 is 10.9 Å². The third kappa shape index (κ3) is 4.40. The van der Waals surface area contributed by atoms with Crippen LogP contribution in [0.1, 0.15) is 59.2 Å². The molecule has 6 nitrogen and oxygen atoms in total. The van der Waals surface area contributed by atoms with E-state index in [2.05, 4.69) is 32.3 Å². The van der Waals surface area contributed by atoms with Gasteiger partial charge in [0.1, 0.15) is 11.2 Å². The summed E-state index contributed by atoms with van der Waals surface area (Å²) in [6.45, 7) is 2.03. The van der Waals surface area contributed by atoms with E-state index in [0.717, 1.165) is 41.1 Å². The Morgan fingerprint density at radius 1 is 1.29 bits per heavy atom. The quantitative estimate of drug-likeness (QED) is 0.599. The molecule has 1 amide bonds. The zero-order valence-electron chi connectivity index (χ0n) is 17.3. The summed E-state index contributed by atoms with van der Waals surface area (Å²) < 4.78 is 2.31. The number of nitrogens with zero attached hydrogens (tertiary/aromatic N) is 3. The summed E-state index contributed by atoms with van der Waals surface area (Å²) in [5.74, 6) is -0.323. The van der Waals surface area contributed by atoms with Crippen molar-refractivity contribution in [1.82, 2.24) is 14.9 Å². The molecule has 0 saturated heterocycles. The van der Waals surface area contributed by atoms with E-state index in [1.807, 2.05) is 12.1 Å². The number of fused-ring (bicyclic) bond motifs is 1. The van der Waals surface area contributed by atoms with Gasteiger partial charge in [0.2, 0.25) is 0 Å². The van der Waals surface area contributed by atoms with Crippen molar-refractivity contribution in [3.05, 3.63) is 73.6 Å². The lowest BCUT2D eigenvalue weighted by Gasteiger charge is -2.23. The number of benzene rings is 1. The number of rotatable bonds is 4. The highest BCUT2D eigenvalue weighted by molar-refractivity contribution is 9.10. The third-order valence-corrected chi connectivity index (χ3v) is 6.32. The van der Waals surface area contributed by atoms with E-state index in [4.69, 9.17) is 0 Å². The fourth-order valence-electron chi connectivity index (χ4n) is 4.29. The molecule has 1 aliphatic carbocycles. The molecule has 7 heteroatoms. The minimum absolute atomic E-state index is 0.108. The van der Waals surface area contributed by atoms with Crippen molar-refractivity contribution in [3.63, 3.8) is 0 Å². The minimum Gasteiger partial charge on any atom is -0.349 e. The lowest BCUT2D eigenvalue weighted by atomic mass is 9.95. The molecule has 2 aromatic heterocycles. The van der Waals surface area contributed by atoms with Crippen molar-refractivity contribution in [2.45, 2.75) is 51.6 Å². The Morgan fingerprint density at radius 3 is 2.81 bits per heavy atom. The van der Waals surface area contributed by atoms with Crippen LogP contribution in [0, 0.1) is 18.3 Å². The number of nitrogens with one attached hydrogen (secondary N) is 1. The molecule has 1 N–H and O–H groups in total. The number of pyridine rings is 2. The molecule has 0 spiro atoms. The first-order valence-electron chi connectivity index (χ1n) is 10.5. The molecule has 0 radical (unpaired) electrons. The summed E-state index contributed by atoms with van der Waals surface area (Å²) in [5.41, 5.74) is 2.26. The molecule has 0 atom stereocenters. The van der Waals surface area contributed by atoms with Crippen LogP contribution in [-0.2, 0) is 6.54 Å². The first kappa shape index (κ1) is 21.3. The molecule has 1 fully saturated rings. The van der Waals surface area contributed by atoms with Gasteiger partial charge in [-0.1, -0.05) is 31.4 Å². The predicted octanol–water partition coefficient (Wildman–Crippen LogP) is 4.45. The fraction of sp³-hybridized carbons (Fsp3) is 0.333. The summed E-state index contributed by atoms with van der Waals surface area (Å²) in [7, 11) is 0. The molecule has 1 saturated carbocycles. The van der Waals surface area contributed by atoms with Gasteiger partial charge in [-0.2, -0.15) is 5.26 Å². The number of hydrogen-bond donors (Lipinski definition) is 1. The van der Waals surface area contributed by atoms with E-state index in [1.54, 1.807) is 31.3 Å². The van der Waals surface area contributed by atoms with Crippen LogP contribution in [0.15, 0.2) is 45.8 Å². The Balaban J connectivity index is 1.83. The maximum Gasteiger partial charge on any atom is 0.265 e. The van der Waals surface area contributed by atoms with Crippen molar-refractivity contribution in [3.8, 4) is 6.07 Å². The number of aromatic nitrogens is 2. The number of nitriles is 1. The topological polar surface area (TPSA) is 87.8 Å². The van der Waals surface area contributed by atoms with Gasteiger partial charge < -0.3 is 5.32 Å². The number of amides is 1. The Morgan fingerprint density at radius 2 is 2.06 bits per heavy atom. The van der Waals surface area contributed by atoms with Crippen LogP contribution in [0.5, 0.6) is 0 Å². The molecule has 1 aliphatic rings. The Labute approximate surface area is 189 Å². The van der Waals surface area contributed by atoms with Crippen LogP contribution in [0.4, 0.5) is 0 Å². The molecule has 0 unspecified atom stereocenters. The second-order valence-corrected chi connectivity index (χ2v) is 8.95. The molecule has 0 aliphatic heterocycles. The molecular weight excluding hydrogens is 456 g/mol. The maximum absolute atomic E-state index is 13.5. The summed E-state index contributed by atoms with van der Waals surface area (Å²) in [4.78, 5) is 31.2. The number of carbonyl (C=O) groups excluding carboxylic acids is 1. The number of carbonyl (C=O) groups is 1. The smallest absolute Gasteiger partial charge is 0.265 e. The summed E-state index contributed by atoms with van der Waals surface area (Å²) in [5, 5.41) is 13.0. The first-order chi connectivity index (χ1) is 15.0. The summed E-state index contributed by atoms with van der Waals surface area (Å²) in [6.07, 6.45) is 6.91. The van der Waals surface area contributed by atoms with Crippen molar-refractivity contribution in [1.29, 1.82) is 5.26 Å². The average molecular weight is 479 g/mol. The molecule has 31 heavy (non-hydrogen) atoms. The van der Waals surface area contributed by atoms with Crippen LogP contribution in [0.2, 0.25) is 0 Å². The van der Waals surface area contributed by atoms with Gasteiger partial charge in [0.05, 0.1) is 18.2 Å². The monoisotopic (exact) mass is 478 g/mol. The van der Waals surface area contributed by atoms with Crippen molar-refractivity contribution < 1.29 is 4.79 Å². The Bertz CT molecular complexity index is 1250. The van der Waals surface area contributed by atoms with Crippen LogP contribution in [0.3, 0.4) is 0 Å². The molecule has 2 heterocycles. The minimum atomic E-state index is -0.365. The number of hydrogen-bond acceptors (Lipinski definition) is 4. The largest absolute Gasteiger partial charge is 0.349 e. The highest BCUT2D eigenvalue weighted by Gasteiger charge is 2.24. The predicted molar refractivity (Wildman–Crippen MR) is 123 cm³/mol. The van der Waals surface area contributed by atoms with Crippen LogP contribution in [0.25, 0.3) is 11.0 Å². The second kappa shape index (κ2) is 9.03. The molecule has 3 aromatic rings. The lowest BCUT2D eigenvalue weighted by Crippen LogP contribution is -2.40. The lowest BCUT2D eigenvalue weighted by molar-refractivity contribution is 0.0925. The van der Waals surface area contributed by atoms with Gasteiger partial charge in [0.25, 0.3) is 11.5 Å².